The molecule has 2 rings (SSSR count). The summed E-state index contributed by atoms with van der Waals surface area (Å²) in [6.07, 6.45) is -5.52. The lowest BCUT2D eigenvalue weighted by molar-refractivity contribution is -0.137. The smallest absolute Gasteiger partial charge is 0.386 e. The minimum atomic E-state index is -4.48. The molecule has 0 aliphatic rings. The first-order valence-electron chi connectivity index (χ1n) is 8.70. The maximum Gasteiger partial charge on any atom is 0.416 e. The Morgan fingerprint density at radius 2 is 1.75 bits per heavy atom. The molecule has 0 aliphatic carbocycles. The number of aryl methyl sites for hydroxylation is 1. The van der Waals surface area contributed by atoms with Crippen LogP contribution in [0, 0.1) is 11.6 Å². The number of nitrogens with one attached hydrogen (secondary N) is 1. The molecule has 0 spiro atoms. The van der Waals surface area contributed by atoms with Crippen LogP contribution in [0.25, 0.3) is 0 Å². The predicted molar refractivity (Wildman–Crippen MR) is 93.3 cm³/mol. The average molecular weight is 401 g/mol. The summed E-state index contributed by atoms with van der Waals surface area (Å²) in [6, 6.07) is 6.27. The van der Waals surface area contributed by atoms with E-state index in [2.05, 4.69) is 5.32 Å². The van der Waals surface area contributed by atoms with Gasteiger partial charge in [-0.3, -0.25) is 4.79 Å². The number of aliphatic hydroxyl groups is 1. The third-order valence-electron chi connectivity index (χ3n) is 4.38. The second kappa shape index (κ2) is 9.14. The summed E-state index contributed by atoms with van der Waals surface area (Å²) in [5.41, 5.74) is -0.541. The van der Waals surface area contributed by atoms with Crippen LogP contribution in [0.3, 0.4) is 0 Å². The van der Waals surface area contributed by atoms with E-state index in [4.69, 9.17) is 0 Å². The molecule has 152 valence electrons. The minimum Gasteiger partial charge on any atom is -0.386 e. The molecule has 2 N–H and O–H groups in total. The Hall–Kier alpha value is -2.48. The van der Waals surface area contributed by atoms with Gasteiger partial charge in [-0.15, -0.1) is 0 Å². The quantitative estimate of drug-likeness (QED) is 0.669. The molecular formula is C20H20F5NO2. The van der Waals surface area contributed by atoms with E-state index in [-0.39, 0.29) is 24.0 Å². The van der Waals surface area contributed by atoms with Crippen molar-refractivity contribution in [3.05, 3.63) is 70.8 Å². The number of hydrogen-bond acceptors (Lipinski definition) is 2. The molecule has 0 saturated carbocycles. The fourth-order valence-corrected chi connectivity index (χ4v) is 2.77. The Labute approximate surface area is 159 Å². The normalized spacial score (nSPS) is 13.8. The predicted octanol–water partition coefficient (Wildman–Crippen LogP) is 4.54. The van der Waals surface area contributed by atoms with E-state index in [1.165, 1.54) is 0 Å². The molecule has 2 aromatic rings. The summed E-state index contributed by atoms with van der Waals surface area (Å²) in [4.78, 5) is 12.1. The molecule has 2 atom stereocenters. The van der Waals surface area contributed by atoms with Gasteiger partial charge in [0.05, 0.1) is 17.7 Å². The van der Waals surface area contributed by atoms with Gasteiger partial charge in [0.1, 0.15) is 11.6 Å². The summed E-state index contributed by atoms with van der Waals surface area (Å²) < 4.78 is 64.6. The van der Waals surface area contributed by atoms with Crippen molar-refractivity contribution in [1.82, 2.24) is 5.32 Å². The third kappa shape index (κ3) is 5.76. The highest BCUT2D eigenvalue weighted by Crippen LogP contribution is 2.30. The molecule has 0 aliphatic heterocycles. The largest absolute Gasteiger partial charge is 0.416 e. The maximum absolute atomic E-state index is 13.6. The van der Waals surface area contributed by atoms with Gasteiger partial charge in [-0.2, -0.15) is 13.2 Å². The topological polar surface area (TPSA) is 49.3 Å². The Morgan fingerprint density at radius 3 is 2.32 bits per heavy atom. The summed E-state index contributed by atoms with van der Waals surface area (Å²) in [7, 11) is 0. The van der Waals surface area contributed by atoms with Crippen molar-refractivity contribution in [2.75, 3.05) is 0 Å². The van der Waals surface area contributed by atoms with Crippen LogP contribution in [-0.2, 0) is 17.4 Å². The van der Waals surface area contributed by atoms with Crippen molar-refractivity contribution in [1.29, 1.82) is 0 Å². The van der Waals surface area contributed by atoms with Gasteiger partial charge < -0.3 is 10.4 Å². The Balaban J connectivity index is 1.98. The van der Waals surface area contributed by atoms with Gasteiger partial charge in [0.2, 0.25) is 5.91 Å². The molecule has 0 heterocycles. The molecule has 2 aromatic carbocycles. The SMILES string of the molecule is CC[C@@H](NC(=O)CCc1cc(F)ccc1F)[C@H](O)c1ccc(C(F)(F)F)cc1. The summed E-state index contributed by atoms with van der Waals surface area (Å²) in [6.45, 7) is 1.70. The minimum absolute atomic E-state index is 0.0256. The van der Waals surface area contributed by atoms with Crippen LogP contribution in [0.5, 0.6) is 0 Å². The van der Waals surface area contributed by atoms with Crippen molar-refractivity contribution < 1.29 is 31.9 Å². The molecule has 28 heavy (non-hydrogen) atoms. The fourth-order valence-electron chi connectivity index (χ4n) is 2.77. The van der Waals surface area contributed by atoms with Gasteiger partial charge >= 0.3 is 6.18 Å². The lowest BCUT2D eigenvalue weighted by Gasteiger charge is -2.23. The first-order valence-corrected chi connectivity index (χ1v) is 8.70. The number of carbonyl (C=O) groups is 1. The molecule has 0 radical (unpaired) electrons. The summed E-state index contributed by atoms with van der Waals surface area (Å²) in [5.74, 6) is -1.71. The molecule has 0 fully saturated rings. The molecule has 0 saturated heterocycles. The van der Waals surface area contributed by atoms with Gasteiger partial charge in [0.25, 0.3) is 0 Å². The standard InChI is InChI=1S/C20H20F5NO2/c1-2-17(19(28)12-3-6-14(7-4-12)20(23,24)25)26-18(27)10-5-13-11-15(21)8-9-16(13)22/h3-4,6-9,11,17,19,28H,2,5,10H2,1H3,(H,26,27)/t17-,19-/m1/s1. The number of rotatable bonds is 7. The van der Waals surface area contributed by atoms with E-state index in [9.17, 15) is 31.9 Å². The molecule has 0 bridgehead atoms. The number of amides is 1. The van der Waals surface area contributed by atoms with E-state index >= 15 is 0 Å². The molecule has 3 nitrogen and oxygen atoms in total. The summed E-state index contributed by atoms with van der Waals surface area (Å²) >= 11 is 0. The molecule has 8 heteroatoms. The molecule has 0 aromatic heterocycles. The van der Waals surface area contributed by atoms with Crippen LogP contribution in [-0.4, -0.2) is 17.1 Å². The van der Waals surface area contributed by atoms with Crippen molar-refractivity contribution in [3.8, 4) is 0 Å². The van der Waals surface area contributed by atoms with Gasteiger partial charge in [-0.25, -0.2) is 8.78 Å². The van der Waals surface area contributed by atoms with E-state index < -0.39 is 41.4 Å². The van der Waals surface area contributed by atoms with Crippen molar-refractivity contribution in [2.45, 2.75) is 44.5 Å². The molecule has 1 amide bonds. The van der Waals surface area contributed by atoms with Crippen molar-refractivity contribution in [2.24, 2.45) is 0 Å². The number of carbonyl (C=O) groups excluding carboxylic acids is 1. The molecular weight excluding hydrogens is 381 g/mol. The number of benzene rings is 2. The van der Waals surface area contributed by atoms with Gasteiger partial charge in [-0.05, 0) is 54.3 Å². The number of hydrogen-bond donors (Lipinski definition) is 2. The zero-order valence-electron chi connectivity index (χ0n) is 15.1. The van der Waals surface area contributed by atoms with Crippen molar-refractivity contribution in [3.63, 3.8) is 0 Å². The van der Waals surface area contributed by atoms with Crippen LogP contribution < -0.4 is 5.32 Å². The van der Waals surface area contributed by atoms with Crippen LogP contribution in [0.15, 0.2) is 42.5 Å². The second-order valence-corrected chi connectivity index (χ2v) is 6.38. The zero-order valence-corrected chi connectivity index (χ0v) is 15.1. The highest BCUT2D eigenvalue weighted by Gasteiger charge is 2.30. The Morgan fingerprint density at radius 1 is 1.11 bits per heavy atom. The highest BCUT2D eigenvalue weighted by molar-refractivity contribution is 5.76. The highest BCUT2D eigenvalue weighted by atomic mass is 19.4. The Kier molecular flexibility index (Phi) is 7.12. The van der Waals surface area contributed by atoms with Gasteiger partial charge in [-0.1, -0.05) is 19.1 Å². The maximum atomic E-state index is 13.6. The average Bonchev–Trinajstić information content (AvgIpc) is 2.65. The van der Waals surface area contributed by atoms with Crippen LogP contribution in [0.1, 0.15) is 42.6 Å². The number of halogens is 5. The van der Waals surface area contributed by atoms with Crippen LogP contribution in [0.2, 0.25) is 0 Å². The number of alkyl halides is 3. The van der Waals surface area contributed by atoms with Gasteiger partial charge in [0.15, 0.2) is 0 Å². The summed E-state index contributed by atoms with van der Waals surface area (Å²) in [5, 5.41) is 13.0. The van der Waals surface area contributed by atoms with Crippen LogP contribution >= 0.6 is 0 Å². The fraction of sp³-hybridized carbons (Fsp3) is 0.350. The van der Waals surface area contributed by atoms with E-state index in [0.717, 1.165) is 42.5 Å². The second-order valence-electron chi connectivity index (χ2n) is 6.38. The first kappa shape index (κ1) is 21.8. The van der Waals surface area contributed by atoms with E-state index in [1.54, 1.807) is 6.92 Å². The van der Waals surface area contributed by atoms with Gasteiger partial charge in [0, 0.05) is 6.42 Å². The zero-order chi connectivity index (χ0) is 20.9. The van der Waals surface area contributed by atoms with Crippen molar-refractivity contribution >= 4 is 5.91 Å². The van der Waals surface area contributed by atoms with E-state index in [0.29, 0.717) is 6.42 Å². The monoisotopic (exact) mass is 401 g/mol. The number of aliphatic hydroxyl groups excluding tert-OH is 1. The molecule has 0 unspecified atom stereocenters. The van der Waals surface area contributed by atoms with E-state index in [1.807, 2.05) is 0 Å². The third-order valence-corrected chi connectivity index (χ3v) is 4.38. The lowest BCUT2D eigenvalue weighted by Crippen LogP contribution is -2.39. The first-order chi connectivity index (χ1) is 13.1. The lowest BCUT2D eigenvalue weighted by atomic mass is 9.98. The Bertz CT molecular complexity index is 805. The van der Waals surface area contributed by atoms with Crippen LogP contribution in [0.4, 0.5) is 22.0 Å².